The second-order valence-corrected chi connectivity index (χ2v) is 9.31. The van der Waals surface area contributed by atoms with Gasteiger partial charge < -0.3 is 15.1 Å². The van der Waals surface area contributed by atoms with E-state index in [1.807, 2.05) is 17.9 Å². The number of nitrogens with one attached hydrogen (secondary N) is 1. The van der Waals surface area contributed by atoms with E-state index in [9.17, 15) is 17.6 Å². The molecule has 0 saturated carbocycles. The summed E-state index contributed by atoms with van der Waals surface area (Å²) >= 11 is 0. The highest BCUT2D eigenvalue weighted by Gasteiger charge is 2.31. The molecule has 27 heavy (non-hydrogen) atoms. The number of piperazine rings is 1. The van der Waals surface area contributed by atoms with E-state index in [4.69, 9.17) is 0 Å². The normalized spacial score (nSPS) is 22.7. The lowest BCUT2D eigenvalue weighted by Gasteiger charge is -2.42. The van der Waals surface area contributed by atoms with Crippen molar-refractivity contribution in [1.29, 1.82) is 0 Å². The Hall–Kier alpha value is -1.87. The highest BCUT2D eigenvalue weighted by Crippen LogP contribution is 2.22. The molecule has 150 valence electrons. The Morgan fingerprint density at radius 1 is 1.15 bits per heavy atom. The van der Waals surface area contributed by atoms with Crippen LogP contribution >= 0.6 is 0 Å². The lowest BCUT2D eigenvalue weighted by molar-refractivity contribution is 0.163. The molecule has 1 aromatic carbocycles. The number of hydrogen-bond donors (Lipinski definition) is 1. The van der Waals surface area contributed by atoms with Gasteiger partial charge in [0.1, 0.15) is 5.82 Å². The monoisotopic (exact) mass is 398 g/mol. The first kappa shape index (κ1) is 19.9. The number of benzene rings is 1. The summed E-state index contributed by atoms with van der Waals surface area (Å²) in [5.41, 5.74) is 0.567. The molecular formula is C18H27FN4O3S. The van der Waals surface area contributed by atoms with Crippen LogP contribution in [0.15, 0.2) is 24.3 Å². The number of nitrogens with zero attached hydrogens (tertiary/aromatic N) is 3. The Labute approximate surface area is 160 Å². The maximum Gasteiger partial charge on any atom is 0.317 e. The van der Waals surface area contributed by atoms with Gasteiger partial charge in [-0.25, -0.2) is 21.9 Å². The van der Waals surface area contributed by atoms with Crippen LogP contribution in [0.4, 0.5) is 14.9 Å². The topological polar surface area (TPSA) is 73.0 Å². The molecule has 9 heteroatoms. The quantitative estimate of drug-likeness (QED) is 0.837. The van der Waals surface area contributed by atoms with Crippen LogP contribution in [0.1, 0.15) is 19.8 Å². The molecule has 1 N–H and O–H groups in total. The lowest BCUT2D eigenvalue weighted by Crippen LogP contribution is -2.58. The summed E-state index contributed by atoms with van der Waals surface area (Å²) in [7, 11) is -3.17. The van der Waals surface area contributed by atoms with Crippen LogP contribution in [-0.2, 0) is 10.0 Å². The molecule has 0 unspecified atom stereocenters. The van der Waals surface area contributed by atoms with Crippen LogP contribution in [0.3, 0.4) is 0 Å². The highest BCUT2D eigenvalue weighted by molar-refractivity contribution is 7.88. The summed E-state index contributed by atoms with van der Waals surface area (Å²) in [5, 5.41) is 3.03. The van der Waals surface area contributed by atoms with E-state index < -0.39 is 10.0 Å². The minimum absolute atomic E-state index is 0.0210. The maximum atomic E-state index is 14.0. The van der Waals surface area contributed by atoms with Gasteiger partial charge in [-0.3, -0.25) is 0 Å². The Morgan fingerprint density at radius 2 is 1.81 bits per heavy atom. The minimum atomic E-state index is -3.17. The molecular weight excluding hydrogens is 371 g/mol. The molecule has 2 aliphatic heterocycles. The summed E-state index contributed by atoms with van der Waals surface area (Å²) in [6.45, 7) is 4.48. The number of carbonyl (C=O) groups is 1. The van der Waals surface area contributed by atoms with Gasteiger partial charge in [0.05, 0.1) is 11.9 Å². The number of halogens is 1. The first-order valence-corrected chi connectivity index (χ1v) is 11.1. The average molecular weight is 399 g/mol. The maximum absolute atomic E-state index is 14.0. The predicted octanol–water partition coefficient (Wildman–Crippen LogP) is 1.47. The first-order valence-electron chi connectivity index (χ1n) is 9.27. The first-order chi connectivity index (χ1) is 12.8. The van der Waals surface area contributed by atoms with E-state index >= 15 is 0 Å². The number of hydrogen-bond acceptors (Lipinski definition) is 4. The Morgan fingerprint density at radius 3 is 2.41 bits per heavy atom. The number of anilines is 1. The van der Waals surface area contributed by atoms with Gasteiger partial charge in [-0.15, -0.1) is 0 Å². The van der Waals surface area contributed by atoms with Gasteiger partial charge in [-0.05, 0) is 31.9 Å². The smallest absolute Gasteiger partial charge is 0.317 e. The van der Waals surface area contributed by atoms with E-state index in [0.717, 1.165) is 0 Å². The fraction of sp³-hybridized carbons (Fsp3) is 0.611. The number of piperidine rings is 1. The Bertz CT molecular complexity index is 781. The lowest BCUT2D eigenvalue weighted by atomic mass is 10.1. The third-order valence-corrected chi connectivity index (χ3v) is 6.64. The molecule has 2 heterocycles. The summed E-state index contributed by atoms with van der Waals surface area (Å²) < 4.78 is 38.6. The number of sulfonamides is 1. The summed E-state index contributed by atoms with van der Waals surface area (Å²) in [4.78, 5) is 16.4. The zero-order valence-electron chi connectivity index (χ0n) is 15.8. The van der Waals surface area contributed by atoms with Crippen LogP contribution in [0.2, 0.25) is 0 Å². The van der Waals surface area contributed by atoms with Crippen LogP contribution in [0, 0.1) is 5.82 Å². The molecule has 0 radical (unpaired) electrons. The number of rotatable bonds is 3. The van der Waals surface area contributed by atoms with Gasteiger partial charge in [-0.2, -0.15) is 0 Å². The van der Waals surface area contributed by atoms with Gasteiger partial charge in [-0.1, -0.05) is 12.1 Å². The molecule has 0 aromatic heterocycles. The molecule has 3 rings (SSSR count). The third kappa shape index (κ3) is 4.70. The van der Waals surface area contributed by atoms with Crippen LogP contribution in [-0.4, -0.2) is 74.7 Å². The van der Waals surface area contributed by atoms with E-state index in [1.165, 1.54) is 16.6 Å². The van der Waals surface area contributed by atoms with Crippen LogP contribution in [0.5, 0.6) is 0 Å². The predicted molar refractivity (Wildman–Crippen MR) is 103 cm³/mol. The van der Waals surface area contributed by atoms with Crippen molar-refractivity contribution in [2.45, 2.75) is 31.8 Å². The minimum Gasteiger partial charge on any atom is -0.365 e. The van der Waals surface area contributed by atoms with Crippen molar-refractivity contribution in [2.24, 2.45) is 0 Å². The van der Waals surface area contributed by atoms with Gasteiger partial charge in [0, 0.05) is 44.8 Å². The molecule has 2 amide bonds. The van der Waals surface area contributed by atoms with E-state index in [1.54, 1.807) is 17.0 Å². The SMILES string of the molecule is C[C@H]1CN(c2ccccc2F)CCN1C(=O)NC1CCN(S(C)(=O)=O)CC1. The Kier molecular flexibility index (Phi) is 5.90. The number of urea groups is 1. The zero-order valence-corrected chi connectivity index (χ0v) is 16.6. The van der Waals surface area contributed by atoms with Crippen molar-refractivity contribution in [3.8, 4) is 0 Å². The third-order valence-electron chi connectivity index (χ3n) is 5.33. The van der Waals surface area contributed by atoms with Crippen molar-refractivity contribution in [3.63, 3.8) is 0 Å². The molecule has 7 nitrogen and oxygen atoms in total. The van der Waals surface area contributed by atoms with Gasteiger partial charge >= 0.3 is 6.03 Å². The van der Waals surface area contributed by atoms with Crippen molar-refractivity contribution >= 4 is 21.7 Å². The second-order valence-electron chi connectivity index (χ2n) is 7.33. The highest BCUT2D eigenvalue weighted by atomic mass is 32.2. The number of carbonyl (C=O) groups excluding carboxylic acids is 1. The molecule has 2 fully saturated rings. The molecule has 0 spiro atoms. The zero-order chi connectivity index (χ0) is 19.6. The van der Waals surface area contributed by atoms with E-state index in [-0.39, 0.29) is 23.9 Å². The van der Waals surface area contributed by atoms with E-state index in [0.29, 0.717) is 51.3 Å². The fourth-order valence-electron chi connectivity index (χ4n) is 3.78. The standard InChI is InChI=1S/C18H27FN4O3S/c1-14-13-21(17-6-4-3-5-16(17)19)11-12-23(14)18(24)20-15-7-9-22(10-8-15)27(2,25)26/h3-6,14-15H,7-13H2,1-2H3,(H,20,24)/t14-/m0/s1. The summed E-state index contributed by atoms with van der Waals surface area (Å²) in [5.74, 6) is -0.250. The molecule has 0 aliphatic carbocycles. The van der Waals surface area contributed by atoms with Crippen molar-refractivity contribution in [3.05, 3.63) is 30.1 Å². The Balaban J connectivity index is 1.53. The molecule has 2 saturated heterocycles. The number of para-hydroxylation sites is 1. The van der Waals surface area contributed by atoms with E-state index in [2.05, 4.69) is 5.32 Å². The van der Waals surface area contributed by atoms with Crippen molar-refractivity contribution in [2.75, 3.05) is 43.9 Å². The average Bonchev–Trinajstić information content (AvgIpc) is 2.61. The van der Waals surface area contributed by atoms with Crippen LogP contribution < -0.4 is 10.2 Å². The van der Waals surface area contributed by atoms with Crippen LogP contribution in [0.25, 0.3) is 0 Å². The second kappa shape index (κ2) is 8.02. The molecule has 2 aliphatic rings. The molecule has 1 atom stereocenters. The summed E-state index contributed by atoms with van der Waals surface area (Å²) in [6.07, 6.45) is 2.44. The largest absolute Gasteiger partial charge is 0.365 e. The molecule has 1 aromatic rings. The van der Waals surface area contributed by atoms with Crippen molar-refractivity contribution < 1.29 is 17.6 Å². The number of amides is 2. The van der Waals surface area contributed by atoms with Gasteiger partial charge in [0.25, 0.3) is 0 Å². The fourth-order valence-corrected chi connectivity index (χ4v) is 4.65. The van der Waals surface area contributed by atoms with Gasteiger partial charge in [0.2, 0.25) is 10.0 Å². The molecule has 0 bridgehead atoms. The van der Waals surface area contributed by atoms with Gasteiger partial charge in [0.15, 0.2) is 0 Å². The summed E-state index contributed by atoms with van der Waals surface area (Å²) in [6, 6.07) is 6.48. The van der Waals surface area contributed by atoms with Crippen molar-refractivity contribution in [1.82, 2.24) is 14.5 Å².